The molecule has 44 heavy (non-hydrogen) atoms. The molecule has 2 atom stereocenters. The lowest BCUT2D eigenvalue weighted by molar-refractivity contribution is 0.585. The molecule has 0 heterocycles. The van der Waals surface area contributed by atoms with E-state index in [9.17, 15) is 0 Å². The van der Waals surface area contributed by atoms with Crippen LogP contribution in [0.25, 0.3) is 22.3 Å². The SMILES string of the molecule is O=P(CCP(=O)(Sc1ccccc1-c1ccccc1)c1ccccc1)(Sc1ccccc1-c1ccccc1)c1ccccc1. The third kappa shape index (κ3) is 7.06. The number of benzene rings is 6. The summed E-state index contributed by atoms with van der Waals surface area (Å²) in [4.78, 5) is 1.92. The molecule has 0 radical (unpaired) electrons. The average molecular weight is 647 g/mol. The second kappa shape index (κ2) is 14.1. The van der Waals surface area contributed by atoms with Gasteiger partial charge in [0.05, 0.1) is 0 Å². The maximum absolute atomic E-state index is 15.2. The fourth-order valence-corrected chi connectivity index (χ4v) is 17.1. The molecule has 0 aliphatic heterocycles. The van der Waals surface area contributed by atoms with Gasteiger partial charge in [-0.3, -0.25) is 0 Å². The highest BCUT2D eigenvalue weighted by molar-refractivity contribution is 8.61. The third-order valence-electron chi connectivity index (χ3n) is 7.42. The Morgan fingerprint density at radius 1 is 0.364 bits per heavy atom. The van der Waals surface area contributed by atoms with Crippen LogP contribution in [-0.4, -0.2) is 12.3 Å². The summed E-state index contributed by atoms with van der Waals surface area (Å²) >= 11 is 2.87. The third-order valence-corrected chi connectivity index (χ3v) is 18.6. The van der Waals surface area contributed by atoms with E-state index in [1.807, 2.05) is 133 Å². The van der Waals surface area contributed by atoms with Crippen LogP contribution in [0.4, 0.5) is 0 Å². The van der Waals surface area contributed by atoms with E-state index >= 15 is 9.13 Å². The summed E-state index contributed by atoms with van der Waals surface area (Å²) in [5.41, 5.74) is 4.26. The molecule has 6 heteroatoms. The Morgan fingerprint density at radius 2 is 0.659 bits per heavy atom. The molecule has 2 unspecified atom stereocenters. The van der Waals surface area contributed by atoms with Gasteiger partial charge < -0.3 is 9.13 Å². The van der Waals surface area contributed by atoms with Crippen molar-refractivity contribution in [2.45, 2.75) is 9.79 Å². The zero-order chi connectivity index (χ0) is 30.2. The molecule has 0 saturated heterocycles. The highest BCUT2D eigenvalue weighted by Gasteiger charge is 2.34. The van der Waals surface area contributed by atoms with Crippen LogP contribution >= 0.6 is 35.5 Å². The van der Waals surface area contributed by atoms with Gasteiger partial charge in [0.15, 0.2) is 12.7 Å². The lowest BCUT2D eigenvalue weighted by Gasteiger charge is -2.24. The molecule has 0 amide bonds. The monoisotopic (exact) mass is 646 g/mol. The van der Waals surface area contributed by atoms with E-state index in [4.69, 9.17) is 0 Å². The molecule has 0 saturated carbocycles. The Morgan fingerprint density at radius 3 is 1.02 bits per heavy atom. The van der Waals surface area contributed by atoms with Crippen LogP contribution < -0.4 is 10.6 Å². The maximum Gasteiger partial charge on any atom is 0.172 e. The molecule has 0 fully saturated rings. The topological polar surface area (TPSA) is 34.1 Å². The summed E-state index contributed by atoms with van der Waals surface area (Å²) < 4.78 is 30.4. The predicted octanol–water partition coefficient (Wildman–Crippen LogP) is 11.1. The van der Waals surface area contributed by atoms with Crippen molar-refractivity contribution < 1.29 is 9.13 Å². The first-order valence-electron chi connectivity index (χ1n) is 14.5. The maximum atomic E-state index is 15.2. The van der Waals surface area contributed by atoms with E-state index in [0.29, 0.717) is 12.3 Å². The lowest BCUT2D eigenvalue weighted by Crippen LogP contribution is -2.12. The normalized spacial score (nSPS) is 13.9. The minimum absolute atomic E-state index is 0.303. The Balaban J connectivity index is 1.38. The number of hydrogen-bond donors (Lipinski definition) is 0. The number of hydrogen-bond acceptors (Lipinski definition) is 4. The number of rotatable bonds is 11. The summed E-state index contributed by atoms with van der Waals surface area (Å²) in [7, 11) is 0. The van der Waals surface area contributed by atoms with Crippen molar-refractivity contribution in [3.05, 3.63) is 170 Å². The van der Waals surface area contributed by atoms with Gasteiger partial charge in [0, 0.05) is 32.7 Å². The largest absolute Gasteiger partial charge is 0.307 e. The van der Waals surface area contributed by atoms with Gasteiger partial charge >= 0.3 is 0 Å². The van der Waals surface area contributed by atoms with Gasteiger partial charge in [-0.2, -0.15) is 0 Å². The van der Waals surface area contributed by atoms with Crippen molar-refractivity contribution in [1.82, 2.24) is 0 Å². The van der Waals surface area contributed by atoms with Gasteiger partial charge in [-0.1, -0.05) is 180 Å². The van der Waals surface area contributed by atoms with Crippen molar-refractivity contribution in [3.8, 4) is 22.3 Å². The summed E-state index contributed by atoms with van der Waals surface area (Å²) in [6, 6.07) is 56.1. The Bertz CT molecular complexity index is 1770. The van der Waals surface area contributed by atoms with Crippen LogP contribution in [0.15, 0.2) is 180 Å². The van der Waals surface area contributed by atoms with Crippen molar-refractivity contribution in [3.63, 3.8) is 0 Å². The van der Waals surface area contributed by atoms with Gasteiger partial charge in [-0.25, -0.2) is 0 Å². The minimum Gasteiger partial charge on any atom is -0.307 e. The van der Waals surface area contributed by atoms with Gasteiger partial charge in [-0.15, -0.1) is 0 Å². The quantitative estimate of drug-likeness (QED) is 0.131. The summed E-state index contributed by atoms with van der Waals surface area (Å²) in [6.07, 6.45) is -5.60. The van der Waals surface area contributed by atoms with E-state index in [0.717, 1.165) is 42.7 Å². The Labute approximate surface area is 268 Å². The smallest absolute Gasteiger partial charge is 0.172 e. The fourth-order valence-electron chi connectivity index (χ4n) is 5.15. The predicted molar refractivity (Wildman–Crippen MR) is 193 cm³/mol. The zero-order valence-corrected chi connectivity index (χ0v) is 27.5. The van der Waals surface area contributed by atoms with Gasteiger partial charge in [0.2, 0.25) is 0 Å². The highest BCUT2D eigenvalue weighted by Crippen LogP contribution is 2.68. The van der Waals surface area contributed by atoms with Crippen molar-refractivity contribution in [2.75, 3.05) is 12.3 Å². The second-order valence-corrected chi connectivity index (χ2v) is 20.9. The van der Waals surface area contributed by atoms with Crippen LogP contribution in [0, 0.1) is 0 Å². The lowest BCUT2D eigenvalue weighted by atomic mass is 10.1. The van der Waals surface area contributed by atoms with E-state index in [2.05, 4.69) is 36.4 Å². The molecule has 0 aromatic heterocycles. The first kappa shape index (κ1) is 30.5. The molecule has 218 valence electrons. The molecule has 6 rings (SSSR count). The van der Waals surface area contributed by atoms with Crippen molar-refractivity contribution in [2.24, 2.45) is 0 Å². The Hall–Kier alpha value is -3.52. The average Bonchev–Trinajstić information content (AvgIpc) is 3.09. The molecule has 0 N–H and O–H groups in total. The summed E-state index contributed by atoms with van der Waals surface area (Å²) in [5, 5.41) is 1.59. The van der Waals surface area contributed by atoms with Crippen LogP contribution in [0.1, 0.15) is 0 Å². The van der Waals surface area contributed by atoms with Crippen molar-refractivity contribution in [1.29, 1.82) is 0 Å². The minimum atomic E-state index is -3.10. The molecular weight excluding hydrogens is 614 g/mol. The standard InChI is InChI=1S/C38H32O2P2S2/c39-41(33-21-9-3-10-22-33,43-37-27-15-13-25-35(37)31-17-5-1-6-18-31)29-30-42(40,34-23-11-4-12-24-34)44-38-28-16-14-26-36(38)32-19-7-2-8-20-32/h1-28H,29-30H2. The van der Waals surface area contributed by atoms with Gasteiger partial charge in [0.1, 0.15) is 0 Å². The van der Waals surface area contributed by atoms with E-state index in [1.54, 1.807) is 0 Å². The van der Waals surface area contributed by atoms with E-state index < -0.39 is 12.7 Å². The molecule has 2 nitrogen and oxygen atoms in total. The first-order valence-corrected chi connectivity index (χ1v) is 21.1. The molecule has 0 aliphatic rings. The second-order valence-electron chi connectivity index (χ2n) is 10.4. The molecule has 6 aromatic carbocycles. The highest BCUT2D eigenvalue weighted by atomic mass is 32.7. The molecule has 0 bridgehead atoms. The van der Waals surface area contributed by atoms with Crippen LogP contribution in [0.2, 0.25) is 0 Å². The molecular formula is C38H32O2P2S2. The van der Waals surface area contributed by atoms with Crippen LogP contribution in [0.5, 0.6) is 0 Å². The van der Waals surface area contributed by atoms with Crippen LogP contribution in [0.3, 0.4) is 0 Å². The molecule has 0 spiro atoms. The molecule has 0 aliphatic carbocycles. The van der Waals surface area contributed by atoms with Crippen LogP contribution in [-0.2, 0) is 9.13 Å². The van der Waals surface area contributed by atoms with E-state index in [-0.39, 0.29) is 0 Å². The van der Waals surface area contributed by atoms with Crippen molar-refractivity contribution >= 4 is 46.1 Å². The van der Waals surface area contributed by atoms with E-state index in [1.165, 1.54) is 22.8 Å². The van der Waals surface area contributed by atoms with Gasteiger partial charge in [0.25, 0.3) is 0 Å². The zero-order valence-electron chi connectivity index (χ0n) is 24.1. The summed E-state index contributed by atoms with van der Waals surface area (Å²) in [6.45, 7) is 0. The molecule has 6 aromatic rings. The fraction of sp³-hybridized carbons (Fsp3) is 0.0526. The first-order chi connectivity index (χ1) is 21.5. The Kier molecular flexibility index (Phi) is 9.75. The summed E-state index contributed by atoms with van der Waals surface area (Å²) in [5.74, 6) is 0. The van der Waals surface area contributed by atoms with Gasteiger partial charge in [-0.05, 0) is 34.4 Å².